The topological polar surface area (TPSA) is 60.2 Å². The standard InChI is InChI=1S/C22H24N4O/c23-17-22(18-7-2-1-3-8-18)10-15-25(16-11-22)20-19(9-6-12-24-20)21(27)26-13-4-5-14-26/h1-3,6-9,12H,4-5,10-11,13-16H2. The Bertz CT molecular complexity index is 844. The first-order valence-electron chi connectivity index (χ1n) is 9.69. The number of carbonyl (C=O) groups is 1. The van der Waals surface area contributed by atoms with Crippen LogP contribution in [0.4, 0.5) is 5.82 Å². The van der Waals surface area contributed by atoms with Crippen LogP contribution in [0, 0.1) is 11.3 Å². The van der Waals surface area contributed by atoms with Crippen LogP contribution in [0.25, 0.3) is 0 Å². The lowest BCUT2D eigenvalue weighted by atomic mass is 9.74. The summed E-state index contributed by atoms with van der Waals surface area (Å²) in [7, 11) is 0. The van der Waals surface area contributed by atoms with Gasteiger partial charge in [-0.05, 0) is 43.4 Å². The van der Waals surface area contributed by atoms with Crippen molar-refractivity contribution >= 4 is 11.7 Å². The second kappa shape index (κ2) is 7.40. The molecule has 2 fully saturated rings. The van der Waals surface area contributed by atoms with E-state index < -0.39 is 5.41 Å². The van der Waals surface area contributed by atoms with Crippen LogP contribution in [0.5, 0.6) is 0 Å². The number of anilines is 1. The van der Waals surface area contributed by atoms with Crippen molar-refractivity contribution in [3.63, 3.8) is 0 Å². The van der Waals surface area contributed by atoms with Gasteiger partial charge in [-0.1, -0.05) is 30.3 Å². The predicted octanol–water partition coefficient (Wildman–Crippen LogP) is 3.38. The van der Waals surface area contributed by atoms with Gasteiger partial charge in [0.1, 0.15) is 5.82 Å². The van der Waals surface area contributed by atoms with Crippen molar-refractivity contribution in [1.29, 1.82) is 5.26 Å². The van der Waals surface area contributed by atoms with Crippen LogP contribution in [0.3, 0.4) is 0 Å². The maximum Gasteiger partial charge on any atom is 0.257 e. The molecule has 0 aliphatic carbocycles. The lowest BCUT2D eigenvalue weighted by Crippen LogP contribution is -2.43. The van der Waals surface area contributed by atoms with Gasteiger partial charge in [0, 0.05) is 32.4 Å². The van der Waals surface area contributed by atoms with E-state index >= 15 is 0 Å². The summed E-state index contributed by atoms with van der Waals surface area (Å²) in [5.74, 6) is 0.838. The maximum absolute atomic E-state index is 12.9. The van der Waals surface area contributed by atoms with Gasteiger partial charge in [0.25, 0.3) is 5.91 Å². The second-order valence-electron chi connectivity index (χ2n) is 7.42. The summed E-state index contributed by atoms with van der Waals surface area (Å²) in [6.45, 7) is 3.11. The number of aromatic nitrogens is 1. The molecule has 0 bridgehead atoms. The molecular weight excluding hydrogens is 336 g/mol. The van der Waals surface area contributed by atoms with Gasteiger partial charge >= 0.3 is 0 Å². The summed E-state index contributed by atoms with van der Waals surface area (Å²) in [5, 5.41) is 9.89. The predicted molar refractivity (Wildman–Crippen MR) is 105 cm³/mol. The molecule has 2 aliphatic rings. The molecule has 5 nitrogen and oxygen atoms in total. The highest BCUT2D eigenvalue weighted by atomic mass is 16.2. The van der Waals surface area contributed by atoms with Gasteiger partial charge in [-0.25, -0.2) is 4.98 Å². The van der Waals surface area contributed by atoms with Gasteiger partial charge in [-0.2, -0.15) is 5.26 Å². The molecule has 0 unspecified atom stereocenters. The lowest BCUT2D eigenvalue weighted by molar-refractivity contribution is 0.0793. The maximum atomic E-state index is 12.9. The van der Waals surface area contributed by atoms with Crippen molar-refractivity contribution in [3.8, 4) is 6.07 Å². The summed E-state index contributed by atoms with van der Waals surface area (Å²) in [6, 6.07) is 16.3. The molecule has 1 aromatic carbocycles. The molecule has 0 saturated carbocycles. The fourth-order valence-corrected chi connectivity index (χ4v) is 4.23. The molecule has 2 aliphatic heterocycles. The van der Waals surface area contributed by atoms with E-state index in [0.717, 1.165) is 63.2 Å². The number of carbonyl (C=O) groups excluding carboxylic acids is 1. The minimum Gasteiger partial charge on any atom is -0.356 e. The van der Waals surface area contributed by atoms with Crippen molar-refractivity contribution < 1.29 is 4.79 Å². The number of rotatable bonds is 3. The van der Waals surface area contributed by atoms with E-state index in [4.69, 9.17) is 0 Å². The normalized spacial score (nSPS) is 18.9. The Morgan fingerprint density at radius 2 is 1.70 bits per heavy atom. The minimum absolute atomic E-state index is 0.0794. The fraction of sp³-hybridized carbons (Fsp3) is 0.409. The Hall–Kier alpha value is -2.87. The van der Waals surface area contributed by atoms with Gasteiger partial charge in [0.15, 0.2) is 0 Å². The van der Waals surface area contributed by atoms with Crippen molar-refractivity contribution in [3.05, 3.63) is 59.8 Å². The average molecular weight is 360 g/mol. The quantitative estimate of drug-likeness (QED) is 0.842. The first kappa shape index (κ1) is 17.5. The third-order valence-corrected chi connectivity index (χ3v) is 5.87. The number of nitriles is 1. The number of nitrogens with zero attached hydrogens (tertiary/aromatic N) is 4. The first-order chi connectivity index (χ1) is 13.2. The Labute approximate surface area is 160 Å². The van der Waals surface area contributed by atoms with E-state index in [1.54, 1.807) is 6.20 Å². The highest BCUT2D eigenvalue weighted by Gasteiger charge is 2.37. The third-order valence-electron chi connectivity index (χ3n) is 5.87. The molecule has 4 rings (SSSR count). The Kier molecular flexibility index (Phi) is 4.81. The van der Waals surface area contributed by atoms with Crippen LogP contribution < -0.4 is 4.90 Å². The van der Waals surface area contributed by atoms with Gasteiger partial charge in [-0.3, -0.25) is 4.79 Å². The number of hydrogen-bond donors (Lipinski definition) is 0. The third kappa shape index (κ3) is 3.28. The molecule has 138 valence electrons. The molecule has 0 spiro atoms. The van der Waals surface area contributed by atoms with Crippen molar-refractivity contribution in [2.75, 3.05) is 31.1 Å². The Morgan fingerprint density at radius 3 is 2.37 bits per heavy atom. The molecule has 1 aromatic heterocycles. The zero-order valence-electron chi connectivity index (χ0n) is 15.5. The highest BCUT2D eigenvalue weighted by molar-refractivity contribution is 5.99. The molecule has 2 aromatic rings. The zero-order chi connectivity index (χ0) is 18.7. The van der Waals surface area contributed by atoms with Gasteiger partial charge in [-0.15, -0.1) is 0 Å². The van der Waals surface area contributed by atoms with Crippen LogP contribution in [-0.4, -0.2) is 42.0 Å². The van der Waals surface area contributed by atoms with E-state index in [0.29, 0.717) is 5.56 Å². The Morgan fingerprint density at radius 1 is 1.00 bits per heavy atom. The van der Waals surface area contributed by atoms with Crippen LogP contribution in [0.15, 0.2) is 48.7 Å². The van der Waals surface area contributed by atoms with Gasteiger partial charge in [0.05, 0.1) is 17.0 Å². The number of pyridine rings is 1. The highest BCUT2D eigenvalue weighted by Crippen LogP contribution is 2.36. The monoisotopic (exact) mass is 360 g/mol. The SMILES string of the molecule is N#CC1(c2ccccc2)CCN(c2ncccc2C(=O)N2CCCC2)CC1. The van der Waals surface area contributed by atoms with Crippen LogP contribution in [0.2, 0.25) is 0 Å². The largest absolute Gasteiger partial charge is 0.356 e. The lowest BCUT2D eigenvalue weighted by Gasteiger charge is -2.38. The zero-order valence-corrected chi connectivity index (χ0v) is 15.5. The van der Waals surface area contributed by atoms with E-state index in [2.05, 4.69) is 16.0 Å². The minimum atomic E-state index is -0.453. The van der Waals surface area contributed by atoms with Gasteiger partial charge < -0.3 is 9.80 Å². The summed E-state index contributed by atoms with van der Waals surface area (Å²) >= 11 is 0. The molecule has 0 radical (unpaired) electrons. The summed E-state index contributed by atoms with van der Waals surface area (Å²) in [4.78, 5) is 21.6. The van der Waals surface area contributed by atoms with E-state index in [1.807, 2.05) is 47.4 Å². The molecule has 1 amide bonds. The fourth-order valence-electron chi connectivity index (χ4n) is 4.23. The average Bonchev–Trinajstić information content (AvgIpc) is 3.29. The smallest absolute Gasteiger partial charge is 0.257 e. The van der Waals surface area contributed by atoms with E-state index in [-0.39, 0.29) is 5.91 Å². The summed E-state index contributed by atoms with van der Waals surface area (Å²) in [5.41, 5.74) is 1.32. The number of amides is 1. The molecule has 3 heterocycles. The first-order valence-corrected chi connectivity index (χ1v) is 9.69. The van der Waals surface area contributed by atoms with Gasteiger partial charge in [0.2, 0.25) is 0 Å². The van der Waals surface area contributed by atoms with Crippen molar-refractivity contribution in [2.45, 2.75) is 31.1 Å². The summed E-state index contributed by atoms with van der Waals surface area (Å²) in [6.07, 6.45) is 5.38. The van der Waals surface area contributed by atoms with Crippen molar-refractivity contribution in [1.82, 2.24) is 9.88 Å². The van der Waals surface area contributed by atoms with E-state index in [9.17, 15) is 10.1 Å². The Balaban J connectivity index is 1.55. The molecule has 5 heteroatoms. The molecule has 0 N–H and O–H groups in total. The van der Waals surface area contributed by atoms with Crippen LogP contribution in [0.1, 0.15) is 41.6 Å². The molecule has 0 atom stereocenters. The summed E-state index contributed by atoms with van der Waals surface area (Å²) < 4.78 is 0. The van der Waals surface area contributed by atoms with E-state index in [1.165, 1.54) is 0 Å². The second-order valence-corrected chi connectivity index (χ2v) is 7.42. The molecular formula is C22H24N4O. The van der Waals surface area contributed by atoms with Crippen LogP contribution in [-0.2, 0) is 5.41 Å². The number of piperidine rings is 1. The number of likely N-dealkylation sites (tertiary alicyclic amines) is 1. The van der Waals surface area contributed by atoms with Crippen LogP contribution >= 0.6 is 0 Å². The number of hydrogen-bond acceptors (Lipinski definition) is 4. The van der Waals surface area contributed by atoms with Crippen molar-refractivity contribution in [2.24, 2.45) is 0 Å². The molecule has 27 heavy (non-hydrogen) atoms. The molecule has 2 saturated heterocycles. The number of benzene rings is 1.